The summed E-state index contributed by atoms with van der Waals surface area (Å²) in [6, 6.07) is 4.83. The SMILES string of the molecule is COc1ccc(C(=O)OCCOC(C)C)c(N)c1. The minimum Gasteiger partial charge on any atom is -0.497 e. The minimum absolute atomic E-state index is 0.120. The molecule has 5 heteroatoms. The van der Waals surface area contributed by atoms with Crippen molar-refractivity contribution in [1.29, 1.82) is 0 Å². The van der Waals surface area contributed by atoms with Crippen molar-refractivity contribution in [1.82, 2.24) is 0 Å². The second kappa shape index (κ2) is 6.86. The number of hydrogen-bond donors (Lipinski definition) is 1. The van der Waals surface area contributed by atoms with Gasteiger partial charge in [-0.25, -0.2) is 4.79 Å². The highest BCUT2D eigenvalue weighted by molar-refractivity contribution is 5.95. The van der Waals surface area contributed by atoms with Gasteiger partial charge in [0.05, 0.1) is 25.4 Å². The third kappa shape index (κ3) is 4.25. The van der Waals surface area contributed by atoms with Gasteiger partial charge in [-0.2, -0.15) is 0 Å². The maximum Gasteiger partial charge on any atom is 0.340 e. The van der Waals surface area contributed by atoms with Crippen LogP contribution in [0.1, 0.15) is 24.2 Å². The number of esters is 1. The first-order chi connectivity index (χ1) is 8.54. The summed E-state index contributed by atoms with van der Waals surface area (Å²) in [5.74, 6) is 0.148. The van der Waals surface area contributed by atoms with Gasteiger partial charge in [-0.1, -0.05) is 0 Å². The molecule has 0 spiro atoms. The quantitative estimate of drug-likeness (QED) is 0.476. The third-order valence-corrected chi connectivity index (χ3v) is 2.25. The molecule has 0 atom stereocenters. The van der Waals surface area contributed by atoms with Crippen LogP contribution in [0.3, 0.4) is 0 Å². The van der Waals surface area contributed by atoms with Gasteiger partial charge in [0, 0.05) is 11.8 Å². The maximum absolute atomic E-state index is 11.7. The Balaban J connectivity index is 2.51. The second-order valence-electron chi connectivity index (χ2n) is 4.01. The first-order valence-electron chi connectivity index (χ1n) is 5.77. The van der Waals surface area contributed by atoms with Gasteiger partial charge in [-0.05, 0) is 26.0 Å². The van der Waals surface area contributed by atoms with Crippen molar-refractivity contribution < 1.29 is 19.0 Å². The van der Waals surface area contributed by atoms with Crippen LogP contribution in [0.4, 0.5) is 5.69 Å². The molecule has 0 aliphatic heterocycles. The lowest BCUT2D eigenvalue weighted by molar-refractivity contribution is 0.0177. The van der Waals surface area contributed by atoms with Crippen LogP contribution in [0, 0.1) is 0 Å². The number of nitrogen functional groups attached to an aromatic ring is 1. The van der Waals surface area contributed by atoms with Crippen LogP contribution in [0.2, 0.25) is 0 Å². The lowest BCUT2D eigenvalue weighted by Gasteiger charge is -2.10. The van der Waals surface area contributed by atoms with Gasteiger partial charge in [-0.15, -0.1) is 0 Å². The first kappa shape index (κ1) is 14.3. The predicted octanol–water partition coefficient (Wildman–Crippen LogP) is 1.86. The molecular weight excluding hydrogens is 234 g/mol. The average Bonchev–Trinajstić information content (AvgIpc) is 2.33. The lowest BCUT2D eigenvalue weighted by Crippen LogP contribution is -2.14. The van der Waals surface area contributed by atoms with Crippen LogP contribution >= 0.6 is 0 Å². The molecule has 1 rings (SSSR count). The molecule has 0 bridgehead atoms. The van der Waals surface area contributed by atoms with Crippen LogP contribution in [0.5, 0.6) is 5.75 Å². The van der Waals surface area contributed by atoms with Crippen molar-refractivity contribution in [3.05, 3.63) is 23.8 Å². The zero-order valence-corrected chi connectivity index (χ0v) is 10.9. The standard InChI is InChI=1S/C13H19NO4/c1-9(2)17-6-7-18-13(15)11-5-4-10(16-3)8-12(11)14/h4-5,8-9H,6-7,14H2,1-3H3. The summed E-state index contributed by atoms with van der Waals surface area (Å²) in [6.45, 7) is 4.43. The molecule has 0 saturated carbocycles. The molecular formula is C13H19NO4. The van der Waals surface area contributed by atoms with Crippen molar-refractivity contribution in [3.63, 3.8) is 0 Å². The fraction of sp³-hybridized carbons (Fsp3) is 0.462. The summed E-state index contributed by atoms with van der Waals surface area (Å²) in [4.78, 5) is 11.7. The molecule has 100 valence electrons. The van der Waals surface area contributed by atoms with Crippen LogP contribution in [0.25, 0.3) is 0 Å². The van der Waals surface area contributed by atoms with E-state index in [4.69, 9.17) is 19.9 Å². The molecule has 0 heterocycles. The molecule has 0 aliphatic rings. The Labute approximate surface area is 107 Å². The van der Waals surface area contributed by atoms with Gasteiger partial charge >= 0.3 is 5.97 Å². The molecule has 1 aromatic carbocycles. The van der Waals surface area contributed by atoms with Crippen LogP contribution < -0.4 is 10.5 Å². The molecule has 0 saturated heterocycles. The lowest BCUT2D eigenvalue weighted by atomic mass is 10.2. The minimum atomic E-state index is -0.456. The Morgan fingerprint density at radius 3 is 2.61 bits per heavy atom. The van der Waals surface area contributed by atoms with Gasteiger partial charge in [0.1, 0.15) is 12.4 Å². The van der Waals surface area contributed by atoms with E-state index >= 15 is 0 Å². The van der Waals surface area contributed by atoms with Crippen LogP contribution in [-0.4, -0.2) is 32.4 Å². The van der Waals surface area contributed by atoms with Crippen LogP contribution in [-0.2, 0) is 9.47 Å². The van der Waals surface area contributed by atoms with Crippen molar-refractivity contribution in [2.75, 3.05) is 26.1 Å². The van der Waals surface area contributed by atoms with E-state index < -0.39 is 5.97 Å². The van der Waals surface area contributed by atoms with E-state index in [1.807, 2.05) is 13.8 Å². The van der Waals surface area contributed by atoms with Crippen molar-refractivity contribution in [3.8, 4) is 5.75 Å². The van der Waals surface area contributed by atoms with Gasteiger partial charge < -0.3 is 19.9 Å². The number of benzene rings is 1. The number of rotatable bonds is 6. The molecule has 0 fully saturated rings. The predicted molar refractivity (Wildman–Crippen MR) is 68.8 cm³/mol. The van der Waals surface area contributed by atoms with E-state index in [1.54, 1.807) is 18.2 Å². The average molecular weight is 253 g/mol. The van der Waals surface area contributed by atoms with Crippen LogP contribution in [0.15, 0.2) is 18.2 Å². The Morgan fingerprint density at radius 2 is 2.06 bits per heavy atom. The fourth-order valence-electron chi connectivity index (χ4n) is 1.35. The molecule has 1 aromatic rings. The smallest absolute Gasteiger partial charge is 0.340 e. The van der Waals surface area contributed by atoms with E-state index in [2.05, 4.69) is 0 Å². The second-order valence-corrected chi connectivity index (χ2v) is 4.01. The summed E-state index contributed by atoms with van der Waals surface area (Å²) in [7, 11) is 1.54. The summed E-state index contributed by atoms with van der Waals surface area (Å²) in [5, 5.41) is 0. The zero-order valence-electron chi connectivity index (χ0n) is 10.9. The zero-order chi connectivity index (χ0) is 13.5. The Morgan fingerprint density at radius 1 is 1.33 bits per heavy atom. The highest BCUT2D eigenvalue weighted by Crippen LogP contribution is 2.20. The molecule has 0 aliphatic carbocycles. The topological polar surface area (TPSA) is 70.8 Å². The van der Waals surface area contributed by atoms with E-state index in [-0.39, 0.29) is 12.7 Å². The molecule has 0 aromatic heterocycles. The van der Waals surface area contributed by atoms with Gasteiger partial charge in [0.2, 0.25) is 0 Å². The van der Waals surface area contributed by atoms with Crippen molar-refractivity contribution in [2.24, 2.45) is 0 Å². The number of ether oxygens (including phenoxy) is 3. The van der Waals surface area contributed by atoms with Gasteiger partial charge in [0.15, 0.2) is 0 Å². The maximum atomic E-state index is 11.7. The number of nitrogens with two attached hydrogens (primary N) is 1. The number of carbonyl (C=O) groups excluding carboxylic acids is 1. The highest BCUT2D eigenvalue weighted by Gasteiger charge is 2.11. The largest absolute Gasteiger partial charge is 0.497 e. The Hall–Kier alpha value is -1.75. The van der Waals surface area contributed by atoms with Crippen molar-refractivity contribution >= 4 is 11.7 Å². The highest BCUT2D eigenvalue weighted by atomic mass is 16.6. The van der Waals surface area contributed by atoms with Gasteiger partial charge in [-0.3, -0.25) is 0 Å². The molecule has 5 nitrogen and oxygen atoms in total. The Bertz CT molecular complexity index is 404. The monoisotopic (exact) mass is 253 g/mol. The number of hydrogen-bond acceptors (Lipinski definition) is 5. The third-order valence-electron chi connectivity index (χ3n) is 2.25. The normalized spacial score (nSPS) is 10.4. The molecule has 0 amide bonds. The van der Waals surface area contributed by atoms with Gasteiger partial charge in [0.25, 0.3) is 0 Å². The first-order valence-corrected chi connectivity index (χ1v) is 5.77. The molecule has 2 N–H and O–H groups in total. The Kier molecular flexibility index (Phi) is 5.45. The summed E-state index contributed by atoms with van der Waals surface area (Å²) in [6.07, 6.45) is 0.120. The van der Waals surface area contributed by atoms with Crippen molar-refractivity contribution in [2.45, 2.75) is 20.0 Å². The molecule has 0 radical (unpaired) electrons. The number of methoxy groups -OCH3 is 1. The summed E-state index contributed by atoms with van der Waals surface area (Å²) in [5.41, 5.74) is 6.41. The number of carbonyl (C=O) groups is 1. The molecule has 0 unspecified atom stereocenters. The van der Waals surface area contributed by atoms with E-state index in [0.29, 0.717) is 23.6 Å². The van der Waals surface area contributed by atoms with E-state index in [9.17, 15) is 4.79 Å². The number of anilines is 1. The summed E-state index contributed by atoms with van der Waals surface area (Å²) < 4.78 is 15.3. The van der Waals surface area contributed by atoms with E-state index in [0.717, 1.165) is 0 Å². The summed E-state index contributed by atoms with van der Waals surface area (Å²) >= 11 is 0. The van der Waals surface area contributed by atoms with E-state index in [1.165, 1.54) is 7.11 Å². The fourth-order valence-corrected chi connectivity index (χ4v) is 1.35. The molecule has 18 heavy (non-hydrogen) atoms.